The van der Waals surface area contributed by atoms with E-state index in [0.29, 0.717) is 22.6 Å². The van der Waals surface area contributed by atoms with Gasteiger partial charge in [-0.2, -0.15) is 0 Å². The molecule has 7 heteroatoms. The zero-order valence-electron chi connectivity index (χ0n) is 21.9. The van der Waals surface area contributed by atoms with Gasteiger partial charge in [0, 0.05) is 25.6 Å². The highest BCUT2D eigenvalue weighted by molar-refractivity contribution is 6.42. The molecule has 1 saturated heterocycles. The summed E-state index contributed by atoms with van der Waals surface area (Å²) in [7, 11) is 1.59. The van der Waals surface area contributed by atoms with E-state index in [-0.39, 0.29) is 5.92 Å². The summed E-state index contributed by atoms with van der Waals surface area (Å²) in [5.74, 6) is 0.633. The number of nitrogens with zero attached hydrogens (tertiary/aromatic N) is 2. The fourth-order valence-electron chi connectivity index (χ4n) is 5.74. The third kappa shape index (κ3) is 7.93. The number of hydrogen-bond donors (Lipinski definition) is 1. The van der Waals surface area contributed by atoms with E-state index in [1.165, 1.54) is 32.1 Å². The maximum absolute atomic E-state index is 11.2. The molecule has 2 aromatic rings. The van der Waals surface area contributed by atoms with E-state index in [0.717, 1.165) is 62.3 Å². The molecule has 1 aliphatic heterocycles. The van der Waals surface area contributed by atoms with Gasteiger partial charge in [0.25, 0.3) is 0 Å². The first-order valence-corrected chi connectivity index (χ1v) is 14.4. The van der Waals surface area contributed by atoms with Gasteiger partial charge in [-0.15, -0.1) is 0 Å². The first-order chi connectivity index (χ1) is 18.0. The van der Waals surface area contributed by atoms with Crippen LogP contribution in [0.3, 0.4) is 0 Å². The normalized spacial score (nSPS) is 20.1. The minimum absolute atomic E-state index is 0.00370. The molecule has 2 fully saturated rings. The van der Waals surface area contributed by atoms with Crippen LogP contribution in [0.1, 0.15) is 68.4 Å². The van der Waals surface area contributed by atoms with Crippen LogP contribution in [-0.4, -0.2) is 55.7 Å². The second-order valence-corrected chi connectivity index (χ2v) is 11.4. The highest BCUT2D eigenvalue weighted by Crippen LogP contribution is 2.34. The molecule has 0 spiro atoms. The molecule has 2 aliphatic rings. The van der Waals surface area contributed by atoms with E-state index in [2.05, 4.69) is 10.1 Å². The maximum Gasteiger partial charge on any atom is 0.106 e. The molecule has 202 valence electrons. The van der Waals surface area contributed by atoms with Gasteiger partial charge in [0.15, 0.2) is 0 Å². The smallest absolute Gasteiger partial charge is 0.106 e. The van der Waals surface area contributed by atoms with Crippen molar-refractivity contribution in [3.05, 3.63) is 69.7 Å². The molecule has 5 nitrogen and oxygen atoms in total. The van der Waals surface area contributed by atoms with Crippen LogP contribution in [-0.2, 0) is 15.2 Å². The van der Waals surface area contributed by atoms with Gasteiger partial charge in [0.1, 0.15) is 7.11 Å². The molecule has 0 aromatic heterocycles. The number of rotatable bonds is 11. The van der Waals surface area contributed by atoms with Crippen LogP contribution < -0.4 is 0 Å². The Bertz CT molecular complexity index is 1000. The average molecular weight is 548 g/mol. The van der Waals surface area contributed by atoms with Crippen LogP contribution in [0.5, 0.6) is 0 Å². The quantitative estimate of drug-likeness (QED) is 0.242. The van der Waals surface area contributed by atoms with Crippen LogP contribution in [0, 0.1) is 5.92 Å². The molecule has 1 saturated carbocycles. The Morgan fingerprint density at radius 2 is 1.78 bits per heavy atom. The van der Waals surface area contributed by atoms with Gasteiger partial charge in [-0.1, -0.05) is 84.0 Å². The van der Waals surface area contributed by atoms with Crippen molar-refractivity contribution in [1.29, 1.82) is 0 Å². The number of likely N-dealkylation sites (tertiary alicyclic amines) is 1. The highest BCUT2D eigenvalue weighted by Gasteiger charge is 2.34. The Balaban J connectivity index is 1.41. The Kier molecular flexibility index (Phi) is 10.7. The number of ether oxygens (including phenoxy) is 1. The van der Waals surface area contributed by atoms with Crippen molar-refractivity contribution in [2.24, 2.45) is 11.1 Å². The minimum atomic E-state index is -0.753. The van der Waals surface area contributed by atoms with Gasteiger partial charge in [-0.3, -0.25) is 0 Å². The number of hydrogen-bond acceptors (Lipinski definition) is 5. The van der Waals surface area contributed by atoms with Crippen LogP contribution >= 0.6 is 23.2 Å². The number of halogens is 2. The predicted molar refractivity (Wildman–Crippen MR) is 152 cm³/mol. The summed E-state index contributed by atoms with van der Waals surface area (Å²) in [4.78, 5) is 7.70. The van der Waals surface area contributed by atoms with Crippen LogP contribution in [0.2, 0.25) is 10.0 Å². The molecular formula is C30H40Cl2N2O3. The molecule has 0 bridgehead atoms. The standard InChI is InChI=1S/C30H40Cl2N2O3/c1-36-33-29(22-37-21-23-8-4-2-5-9-23)26(24-12-13-27(31)28(32)20-24)14-17-34-18-15-30(35,16-19-34)25-10-6-3-7-11-25/h3,6-7,10-13,20,23,26,35H,2,4-5,8-9,14-19,21-22H2,1H3/b33-29+. The van der Waals surface area contributed by atoms with Crippen molar-refractivity contribution in [2.75, 3.05) is 40.0 Å². The number of benzene rings is 2. The fourth-order valence-corrected chi connectivity index (χ4v) is 6.05. The number of piperidine rings is 1. The van der Waals surface area contributed by atoms with Crippen molar-refractivity contribution in [2.45, 2.75) is 62.9 Å². The molecule has 37 heavy (non-hydrogen) atoms. The molecular weight excluding hydrogens is 507 g/mol. The van der Waals surface area contributed by atoms with Crippen LogP contribution in [0.15, 0.2) is 53.7 Å². The Hall–Kier alpha value is -1.63. The largest absolute Gasteiger partial charge is 0.399 e. The van der Waals surface area contributed by atoms with E-state index in [1.807, 2.05) is 48.5 Å². The molecule has 1 atom stereocenters. The van der Waals surface area contributed by atoms with Crippen LogP contribution in [0.4, 0.5) is 0 Å². The van der Waals surface area contributed by atoms with E-state index in [4.69, 9.17) is 32.8 Å². The second-order valence-electron chi connectivity index (χ2n) is 10.5. The molecule has 2 aromatic carbocycles. The van der Waals surface area contributed by atoms with E-state index < -0.39 is 5.60 Å². The molecule has 1 aliphatic carbocycles. The SMILES string of the molecule is CO/N=C(\COCC1CCCCC1)C(CCN1CCC(O)(c2ccccc2)CC1)c1ccc(Cl)c(Cl)c1. The molecule has 1 unspecified atom stereocenters. The third-order valence-corrected chi connectivity index (χ3v) is 8.75. The summed E-state index contributed by atoms with van der Waals surface area (Å²) >= 11 is 12.6. The summed E-state index contributed by atoms with van der Waals surface area (Å²) in [5, 5.41) is 16.7. The minimum Gasteiger partial charge on any atom is -0.399 e. The van der Waals surface area contributed by atoms with Crippen LogP contribution in [0.25, 0.3) is 0 Å². The lowest BCUT2D eigenvalue weighted by Gasteiger charge is -2.39. The summed E-state index contributed by atoms with van der Waals surface area (Å²) in [6.07, 6.45) is 8.72. The Morgan fingerprint density at radius 3 is 2.46 bits per heavy atom. The molecule has 1 heterocycles. The summed E-state index contributed by atoms with van der Waals surface area (Å²) in [5.41, 5.74) is 2.18. The summed E-state index contributed by atoms with van der Waals surface area (Å²) < 4.78 is 6.20. The van der Waals surface area contributed by atoms with E-state index in [9.17, 15) is 5.11 Å². The van der Waals surface area contributed by atoms with Gasteiger partial charge in [-0.05, 0) is 67.8 Å². The Labute approximate surface area is 231 Å². The van der Waals surface area contributed by atoms with E-state index >= 15 is 0 Å². The average Bonchev–Trinajstić information content (AvgIpc) is 2.93. The number of aliphatic hydroxyl groups is 1. The van der Waals surface area contributed by atoms with Gasteiger partial charge in [0.05, 0.1) is 28.0 Å². The lowest BCUT2D eigenvalue weighted by molar-refractivity contribution is -0.0261. The lowest BCUT2D eigenvalue weighted by atomic mass is 9.84. The summed E-state index contributed by atoms with van der Waals surface area (Å²) in [6.45, 7) is 3.76. The zero-order valence-corrected chi connectivity index (χ0v) is 23.4. The monoisotopic (exact) mass is 546 g/mol. The van der Waals surface area contributed by atoms with Gasteiger partial charge in [0.2, 0.25) is 0 Å². The van der Waals surface area contributed by atoms with Crippen molar-refractivity contribution >= 4 is 28.9 Å². The van der Waals surface area contributed by atoms with Gasteiger partial charge in [-0.25, -0.2) is 0 Å². The topological polar surface area (TPSA) is 54.3 Å². The first kappa shape index (κ1) is 28.4. The first-order valence-electron chi connectivity index (χ1n) is 13.6. The lowest BCUT2D eigenvalue weighted by Crippen LogP contribution is -2.43. The van der Waals surface area contributed by atoms with Crippen molar-refractivity contribution in [3.63, 3.8) is 0 Å². The maximum atomic E-state index is 11.2. The highest BCUT2D eigenvalue weighted by atomic mass is 35.5. The zero-order chi connectivity index (χ0) is 26.1. The summed E-state index contributed by atoms with van der Waals surface area (Å²) in [6, 6.07) is 15.8. The van der Waals surface area contributed by atoms with Crippen molar-refractivity contribution < 1.29 is 14.7 Å². The fraction of sp³-hybridized carbons (Fsp3) is 0.567. The molecule has 4 rings (SSSR count). The van der Waals surface area contributed by atoms with E-state index in [1.54, 1.807) is 7.11 Å². The van der Waals surface area contributed by atoms with Gasteiger partial charge >= 0.3 is 0 Å². The molecule has 1 N–H and O–H groups in total. The molecule has 0 radical (unpaired) electrons. The van der Waals surface area contributed by atoms with Crippen molar-refractivity contribution in [3.8, 4) is 0 Å². The number of oxime groups is 1. The third-order valence-electron chi connectivity index (χ3n) is 8.01. The van der Waals surface area contributed by atoms with Crippen molar-refractivity contribution in [1.82, 2.24) is 4.90 Å². The molecule has 0 amide bonds. The predicted octanol–water partition coefficient (Wildman–Crippen LogP) is 7.05. The Morgan fingerprint density at radius 1 is 1.05 bits per heavy atom. The van der Waals surface area contributed by atoms with Gasteiger partial charge < -0.3 is 19.6 Å². The second kappa shape index (κ2) is 14.0.